The highest BCUT2D eigenvalue weighted by Gasteiger charge is 2.53. The number of aliphatic hydroxyl groups excluding tert-OH is 1. The predicted molar refractivity (Wildman–Crippen MR) is 172 cm³/mol. The molecule has 1 amide bonds. The van der Waals surface area contributed by atoms with Crippen molar-refractivity contribution in [2.45, 2.75) is 31.0 Å². The number of benzene rings is 4. The van der Waals surface area contributed by atoms with E-state index in [1.54, 1.807) is 12.1 Å². The molecule has 0 saturated carbocycles. The van der Waals surface area contributed by atoms with Crippen LogP contribution in [-0.4, -0.2) is 35.7 Å². The summed E-state index contributed by atoms with van der Waals surface area (Å²) in [4.78, 5) is 19.5. The van der Waals surface area contributed by atoms with E-state index in [2.05, 4.69) is 37.2 Å². The molecule has 1 heterocycles. The standard InChI is InChI=1S/C33H29Br2ClN2O4/c34-26-12-8-23(9-13-26)30-33(20-25-4-1-2-5-29(25)35,32(40)37-21-22-6-14-27(36)15-7-22)38-31(42-30)24-10-16-28(17-11-24)41-19-3-18-39/h1-2,4-17,30,39H,3,18-21H2,(H,37,40)/t30-,33-/m1/s1. The summed E-state index contributed by atoms with van der Waals surface area (Å²) < 4.78 is 14.1. The van der Waals surface area contributed by atoms with Crippen LogP contribution in [0.1, 0.15) is 34.8 Å². The van der Waals surface area contributed by atoms with Crippen LogP contribution in [0.25, 0.3) is 0 Å². The molecule has 2 N–H and O–H groups in total. The van der Waals surface area contributed by atoms with Gasteiger partial charge in [-0.1, -0.05) is 85.9 Å². The number of ether oxygens (including phenoxy) is 2. The maximum Gasteiger partial charge on any atom is 0.252 e. The molecule has 0 saturated heterocycles. The van der Waals surface area contributed by atoms with Gasteiger partial charge < -0.3 is 19.9 Å². The molecule has 0 unspecified atom stereocenters. The summed E-state index contributed by atoms with van der Waals surface area (Å²) in [5, 5.41) is 12.8. The SMILES string of the molecule is O=C(NCc1ccc(Cl)cc1)[C@]1(Cc2ccccc2Br)N=C(c2ccc(OCCCO)cc2)O[C@@H]1c1ccc(Br)cc1. The lowest BCUT2D eigenvalue weighted by atomic mass is 9.82. The molecule has 0 radical (unpaired) electrons. The third kappa shape index (κ3) is 7.06. The van der Waals surface area contributed by atoms with Crippen LogP contribution in [0.2, 0.25) is 5.02 Å². The fourth-order valence-electron chi connectivity index (χ4n) is 4.79. The second-order valence-corrected chi connectivity index (χ2v) is 12.1. The monoisotopic (exact) mass is 710 g/mol. The van der Waals surface area contributed by atoms with E-state index in [4.69, 9.17) is 31.2 Å². The van der Waals surface area contributed by atoms with Crippen LogP contribution in [-0.2, 0) is 22.5 Å². The highest BCUT2D eigenvalue weighted by molar-refractivity contribution is 9.10. The maximum atomic E-state index is 14.4. The molecular weight excluding hydrogens is 684 g/mol. The van der Waals surface area contributed by atoms with Crippen molar-refractivity contribution < 1.29 is 19.4 Å². The van der Waals surface area contributed by atoms with Crippen molar-refractivity contribution in [3.8, 4) is 5.75 Å². The van der Waals surface area contributed by atoms with E-state index >= 15 is 0 Å². The highest BCUT2D eigenvalue weighted by Crippen LogP contribution is 2.43. The summed E-state index contributed by atoms with van der Waals surface area (Å²) in [6, 6.07) is 30.4. The number of nitrogens with one attached hydrogen (secondary N) is 1. The number of rotatable bonds is 11. The first-order chi connectivity index (χ1) is 20.4. The van der Waals surface area contributed by atoms with Crippen LogP contribution in [0, 0.1) is 0 Å². The van der Waals surface area contributed by atoms with Crippen molar-refractivity contribution in [3.63, 3.8) is 0 Å². The van der Waals surface area contributed by atoms with Gasteiger partial charge in [0.15, 0.2) is 11.6 Å². The molecule has 0 bridgehead atoms. The van der Waals surface area contributed by atoms with E-state index in [1.807, 2.05) is 84.9 Å². The lowest BCUT2D eigenvalue weighted by molar-refractivity contribution is -0.129. The first-order valence-corrected chi connectivity index (χ1v) is 15.5. The van der Waals surface area contributed by atoms with Crippen LogP contribution in [0.4, 0.5) is 0 Å². The molecule has 9 heteroatoms. The number of aliphatic imine (C=N–C) groups is 1. The number of aliphatic hydroxyl groups is 1. The number of hydrogen-bond donors (Lipinski definition) is 2. The molecule has 2 atom stereocenters. The zero-order valence-corrected chi connectivity index (χ0v) is 26.5. The lowest BCUT2D eigenvalue weighted by Crippen LogP contribution is -2.49. The quantitative estimate of drug-likeness (QED) is 0.159. The third-order valence-corrected chi connectivity index (χ3v) is 8.54. The normalized spacial score (nSPS) is 17.8. The molecule has 5 rings (SSSR count). The van der Waals surface area contributed by atoms with E-state index < -0.39 is 11.6 Å². The molecule has 0 spiro atoms. The van der Waals surface area contributed by atoms with Gasteiger partial charge in [-0.05, 0) is 71.3 Å². The second kappa shape index (κ2) is 13.9. The molecule has 0 aliphatic carbocycles. The fraction of sp³-hybridized carbons (Fsp3) is 0.212. The molecule has 4 aromatic rings. The minimum atomic E-state index is -1.31. The van der Waals surface area contributed by atoms with Crippen molar-refractivity contribution in [1.82, 2.24) is 5.32 Å². The average molecular weight is 713 g/mol. The number of hydrogen-bond acceptors (Lipinski definition) is 5. The first-order valence-electron chi connectivity index (χ1n) is 13.5. The topological polar surface area (TPSA) is 80.2 Å². The number of amides is 1. The van der Waals surface area contributed by atoms with Crippen molar-refractivity contribution in [2.24, 2.45) is 4.99 Å². The Morgan fingerprint density at radius 3 is 2.38 bits per heavy atom. The maximum absolute atomic E-state index is 14.4. The van der Waals surface area contributed by atoms with Gasteiger partial charge in [-0.25, -0.2) is 4.99 Å². The third-order valence-electron chi connectivity index (χ3n) is 6.99. The van der Waals surface area contributed by atoms with Crippen molar-refractivity contribution in [3.05, 3.63) is 133 Å². The Kier molecular flexibility index (Phi) is 10.0. The van der Waals surface area contributed by atoms with Crippen LogP contribution in [0.15, 0.2) is 111 Å². The van der Waals surface area contributed by atoms with Crippen LogP contribution in [0.5, 0.6) is 5.75 Å². The predicted octanol–water partition coefficient (Wildman–Crippen LogP) is 7.44. The Bertz CT molecular complexity index is 1550. The average Bonchev–Trinajstić information content (AvgIpc) is 3.39. The Hall–Kier alpha value is -3.17. The number of carbonyl (C=O) groups is 1. The van der Waals surface area contributed by atoms with Crippen LogP contribution >= 0.6 is 43.5 Å². The molecule has 42 heavy (non-hydrogen) atoms. The van der Waals surface area contributed by atoms with Crippen LogP contribution in [0.3, 0.4) is 0 Å². The van der Waals surface area contributed by atoms with Gasteiger partial charge in [0.25, 0.3) is 5.91 Å². The molecule has 1 aliphatic heterocycles. The zero-order chi connectivity index (χ0) is 29.5. The Balaban J connectivity index is 1.55. The van der Waals surface area contributed by atoms with E-state index in [0.717, 1.165) is 31.2 Å². The molecule has 1 aliphatic rings. The van der Waals surface area contributed by atoms with Crippen molar-refractivity contribution in [1.29, 1.82) is 0 Å². The molecule has 0 fully saturated rings. The summed E-state index contributed by atoms with van der Waals surface area (Å²) in [6.07, 6.45) is 0.154. The van der Waals surface area contributed by atoms with E-state index in [9.17, 15) is 4.79 Å². The van der Waals surface area contributed by atoms with E-state index in [-0.39, 0.29) is 12.5 Å². The molecule has 6 nitrogen and oxygen atoms in total. The smallest absolute Gasteiger partial charge is 0.252 e. The van der Waals surface area contributed by atoms with Gasteiger partial charge in [-0.3, -0.25) is 4.79 Å². The molecule has 4 aromatic carbocycles. The van der Waals surface area contributed by atoms with Crippen molar-refractivity contribution in [2.75, 3.05) is 13.2 Å². The summed E-state index contributed by atoms with van der Waals surface area (Å²) in [5.74, 6) is 0.800. The van der Waals surface area contributed by atoms with Gasteiger partial charge in [0, 0.05) is 45.5 Å². The first kappa shape index (κ1) is 30.3. The number of halogens is 3. The Morgan fingerprint density at radius 1 is 0.976 bits per heavy atom. The van der Waals surface area contributed by atoms with E-state index in [0.29, 0.717) is 42.7 Å². The zero-order valence-electron chi connectivity index (χ0n) is 22.6. The van der Waals surface area contributed by atoms with Gasteiger partial charge in [0.05, 0.1) is 6.61 Å². The van der Waals surface area contributed by atoms with Gasteiger partial charge in [0.2, 0.25) is 5.90 Å². The Morgan fingerprint density at radius 2 is 1.69 bits per heavy atom. The van der Waals surface area contributed by atoms with Gasteiger partial charge >= 0.3 is 0 Å². The highest BCUT2D eigenvalue weighted by atomic mass is 79.9. The van der Waals surface area contributed by atoms with Gasteiger partial charge in [-0.15, -0.1) is 0 Å². The number of carbonyl (C=O) groups excluding carboxylic acids is 1. The summed E-state index contributed by atoms with van der Waals surface area (Å²) in [7, 11) is 0. The summed E-state index contributed by atoms with van der Waals surface area (Å²) in [5.41, 5.74) is 2.10. The Labute approximate surface area is 267 Å². The molecule has 0 aromatic heterocycles. The molecule has 216 valence electrons. The second-order valence-electron chi connectivity index (χ2n) is 9.92. The van der Waals surface area contributed by atoms with E-state index in [1.165, 1.54) is 0 Å². The summed E-state index contributed by atoms with van der Waals surface area (Å²) >= 11 is 13.3. The summed E-state index contributed by atoms with van der Waals surface area (Å²) in [6.45, 7) is 0.799. The minimum absolute atomic E-state index is 0.0693. The number of nitrogens with zero attached hydrogens (tertiary/aromatic N) is 1. The molecular formula is C33H29Br2ClN2O4. The largest absolute Gasteiger partial charge is 0.494 e. The van der Waals surface area contributed by atoms with Gasteiger partial charge in [-0.2, -0.15) is 0 Å². The van der Waals surface area contributed by atoms with Crippen molar-refractivity contribution >= 4 is 55.3 Å². The van der Waals surface area contributed by atoms with Crippen LogP contribution < -0.4 is 10.1 Å². The minimum Gasteiger partial charge on any atom is -0.494 e. The lowest BCUT2D eigenvalue weighted by Gasteiger charge is -2.31. The van der Waals surface area contributed by atoms with Gasteiger partial charge in [0.1, 0.15) is 5.75 Å². The fourth-order valence-corrected chi connectivity index (χ4v) is 5.60.